The van der Waals surface area contributed by atoms with Crippen molar-refractivity contribution in [3.05, 3.63) is 11.7 Å². The Kier molecular flexibility index (Phi) is 4.77. The Morgan fingerprint density at radius 3 is 2.80 bits per heavy atom. The lowest BCUT2D eigenvalue weighted by Crippen LogP contribution is -2.34. The van der Waals surface area contributed by atoms with Crippen molar-refractivity contribution in [1.82, 2.24) is 10.1 Å². The van der Waals surface area contributed by atoms with Crippen molar-refractivity contribution in [1.29, 1.82) is 5.26 Å². The summed E-state index contributed by atoms with van der Waals surface area (Å²) in [5.41, 5.74) is -0.382. The zero-order valence-electron chi connectivity index (χ0n) is 12.6. The first kappa shape index (κ1) is 15.0. The van der Waals surface area contributed by atoms with Crippen LogP contribution in [-0.4, -0.2) is 17.3 Å². The third-order valence-corrected chi connectivity index (χ3v) is 4.31. The lowest BCUT2D eigenvalue weighted by molar-refractivity contribution is -0.0609. The molecule has 1 fully saturated rings. The lowest BCUT2D eigenvalue weighted by Gasteiger charge is -2.35. The Bertz CT molecular complexity index is 470. The highest BCUT2D eigenvalue weighted by Crippen LogP contribution is 2.40. The summed E-state index contributed by atoms with van der Waals surface area (Å²) in [6, 6.07) is 2.17. The van der Waals surface area contributed by atoms with Crippen LogP contribution >= 0.6 is 0 Å². The molecule has 0 radical (unpaired) electrons. The third kappa shape index (κ3) is 3.18. The van der Waals surface area contributed by atoms with Gasteiger partial charge in [-0.2, -0.15) is 10.2 Å². The molecule has 1 saturated carbocycles. The van der Waals surface area contributed by atoms with Crippen LogP contribution in [0.3, 0.4) is 0 Å². The van der Waals surface area contributed by atoms with Gasteiger partial charge in [0, 0.05) is 20.0 Å². The Hall–Kier alpha value is -1.41. The van der Waals surface area contributed by atoms with E-state index in [4.69, 9.17) is 14.5 Å². The molecule has 0 spiro atoms. The fraction of sp³-hybridized carbons (Fsp3) is 0.800. The van der Waals surface area contributed by atoms with E-state index >= 15 is 0 Å². The van der Waals surface area contributed by atoms with E-state index in [0.29, 0.717) is 24.6 Å². The maximum absolute atomic E-state index is 8.69. The first-order valence-corrected chi connectivity index (χ1v) is 7.35. The summed E-state index contributed by atoms with van der Waals surface area (Å²) >= 11 is 0. The van der Waals surface area contributed by atoms with Gasteiger partial charge >= 0.3 is 0 Å². The number of nitriles is 1. The van der Waals surface area contributed by atoms with Crippen LogP contribution in [-0.2, 0) is 16.8 Å². The van der Waals surface area contributed by atoms with Gasteiger partial charge in [-0.15, -0.1) is 0 Å². The standard InChI is InChI=1S/C15H23N3O2/c1-11-4-7-15(19-3,8-5-11)14-17-13(20-18-14)10-12(2)6-9-16/h11-12H,4-8,10H2,1-3H3. The largest absolute Gasteiger partial charge is 0.370 e. The predicted molar refractivity (Wildman–Crippen MR) is 73.7 cm³/mol. The molecule has 0 aliphatic heterocycles. The van der Waals surface area contributed by atoms with Gasteiger partial charge in [0.15, 0.2) is 0 Å². The maximum Gasteiger partial charge on any atom is 0.227 e. The highest BCUT2D eigenvalue weighted by atomic mass is 16.5. The number of rotatable bonds is 5. The van der Waals surface area contributed by atoms with Crippen molar-refractivity contribution in [2.24, 2.45) is 11.8 Å². The monoisotopic (exact) mass is 277 g/mol. The van der Waals surface area contributed by atoms with Crippen LogP contribution in [0.2, 0.25) is 0 Å². The van der Waals surface area contributed by atoms with E-state index in [-0.39, 0.29) is 11.5 Å². The van der Waals surface area contributed by atoms with Crippen molar-refractivity contribution >= 4 is 0 Å². The molecule has 0 aromatic carbocycles. The van der Waals surface area contributed by atoms with Crippen LogP contribution in [0.15, 0.2) is 4.52 Å². The molecule has 0 bridgehead atoms. The fourth-order valence-electron chi connectivity index (χ4n) is 2.80. The first-order valence-electron chi connectivity index (χ1n) is 7.35. The fourth-order valence-corrected chi connectivity index (χ4v) is 2.80. The highest BCUT2D eigenvalue weighted by Gasteiger charge is 2.40. The van der Waals surface area contributed by atoms with E-state index in [1.54, 1.807) is 7.11 Å². The van der Waals surface area contributed by atoms with Gasteiger partial charge < -0.3 is 9.26 Å². The van der Waals surface area contributed by atoms with Crippen molar-refractivity contribution in [2.75, 3.05) is 7.11 Å². The summed E-state index contributed by atoms with van der Waals surface area (Å²) in [7, 11) is 1.73. The highest BCUT2D eigenvalue weighted by molar-refractivity contribution is 5.04. The molecular weight excluding hydrogens is 254 g/mol. The second kappa shape index (κ2) is 6.36. The number of aromatic nitrogens is 2. The number of ether oxygens (including phenoxy) is 1. The minimum absolute atomic E-state index is 0.234. The zero-order valence-corrected chi connectivity index (χ0v) is 12.6. The van der Waals surface area contributed by atoms with Crippen molar-refractivity contribution in [3.63, 3.8) is 0 Å². The molecule has 20 heavy (non-hydrogen) atoms. The van der Waals surface area contributed by atoms with Crippen molar-refractivity contribution in [3.8, 4) is 6.07 Å². The van der Waals surface area contributed by atoms with Gasteiger partial charge in [0.25, 0.3) is 0 Å². The Morgan fingerprint density at radius 2 is 2.20 bits per heavy atom. The number of methoxy groups -OCH3 is 1. The quantitative estimate of drug-likeness (QED) is 0.826. The normalized spacial score (nSPS) is 28.0. The molecular formula is C15H23N3O2. The van der Waals surface area contributed by atoms with Gasteiger partial charge in [-0.1, -0.05) is 19.0 Å². The molecule has 5 nitrogen and oxygen atoms in total. The minimum Gasteiger partial charge on any atom is -0.370 e. The Labute approximate surface area is 120 Å². The summed E-state index contributed by atoms with van der Waals surface area (Å²) in [4.78, 5) is 4.51. The van der Waals surface area contributed by atoms with Gasteiger partial charge in [-0.05, 0) is 37.5 Å². The van der Waals surface area contributed by atoms with Crippen LogP contribution in [0.1, 0.15) is 57.7 Å². The number of nitrogens with zero attached hydrogens (tertiary/aromatic N) is 3. The van der Waals surface area contributed by atoms with Crippen LogP contribution in [0.25, 0.3) is 0 Å². The van der Waals surface area contributed by atoms with Gasteiger partial charge in [0.1, 0.15) is 5.60 Å². The molecule has 1 aromatic rings. The van der Waals surface area contributed by atoms with E-state index < -0.39 is 0 Å². The summed E-state index contributed by atoms with van der Waals surface area (Å²) in [5.74, 6) is 2.25. The molecule has 0 N–H and O–H groups in total. The average molecular weight is 277 g/mol. The molecule has 110 valence electrons. The Morgan fingerprint density at radius 1 is 1.50 bits per heavy atom. The SMILES string of the molecule is COC1(c2noc(CC(C)CC#N)n2)CCC(C)CC1. The lowest BCUT2D eigenvalue weighted by atomic mass is 9.79. The van der Waals surface area contributed by atoms with Crippen LogP contribution < -0.4 is 0 Å². The first-order chi connectivity index (χ1) is 9.59. The van der Waals surface area contributed by atoms with E-state index in [1.165, 1.54) is 0 Å². The molecule has 1 unspecified atom stereocenters. The average Bonchev–Trinajstić information content (AvgIpc) is 2.89. The molecule has 5 heteroatoms. The third-order valence-electron chi connectivity index (χ3n) is 4.31. The molecule has 1 aliphatic carbocycles. The Balaban J connectivity index is 2.08. The predicted octanol–water partition coefficient (Wildman–Crippen LogP) is 3.21. The van der Waals surface area contributed by atoms with Gasteiger partial charge in [-0.25, -0.2) is 0 Å². The summed E-state index contributed by atoms with van der Waals surface area (Å²) in [6.45, 7) is 4.28. The van der Waals surface area contributed by atoms with Crippen molar-refractivity contribution in [2.45, 2.75) is 58.0 Å². The van der Waals surface area contributed by atoms with Gasteiger partial charge in [-0.3, -0.25) is 0 Å². The molecule has 0 saturated heterocycles. The van der Waals surface area contributed by atoms with E-state index in [2.05, 4.69) is 23.1 Å². The van der Waals surface area contributed by atoms with Crippen LogP contribution in [0.4, 0.5) is 0 Å². The number of hydrogen-bond donors (Lipinski definition) is 0. The van der Waals surface area contributed by atoms with Gasteiger partial charge in [0.2, 0.25) is 11.7 Å². The maximum atomic E-state index is 8.69. The number of hydrogen-bond acceptors (Lipinski definition) is 5. The summed E-state index contributed by atoms with van der Waals surface area (Å²) < 4.78 is 11.1. The van der Waals surface area contributed by atoms with Crippen LogP contribution in [0.5, 0.6) is 0 Å². The second-order valence-electron chi connectivity index (χ2n) is 6.06. The zero-order chi connectivity index (χ0) is 14.6. The molecule has 1 heterocycles. The summed E-state index contributed by atoms with van der Waals surface area (Å²) in [6.07, 6.45) is 5.29. The van der Waals surface area contributed by atoms with E-state index in [9.17, 15) is 0 Å². The van der Waals surface area contributed by atoms with Crippen LogP contribution in [0, 0.1) is 23.2 Å². The second-order valence-corrected chi connectivity index (χ2v) is 6.06. The molecule has 1 atom stereocenters. The molecule has 1 aromatic heterocycles. The van der Waals surface area contributed by atoms with Gasteiger partial charge in [0.05, 0.1) is 6.07 Å². The molecule has 0 amide bonds. The minimum atomic E-state index is -0.382. The molecule has 2 rings (SSSR count). The van der Waals surface area contributed by atoms with Crippen molar-refractivity contribution < 1.29 is 9.26 Å². The summed E-state index contributed by atoms with van der Waals surface area (Å²) in [5, 5.41) is 12.8. The smallest absolute Gasteiger partial charge is 0.227 e. The molecule has 1 aliphatic rings. The van der Waals surface area contributed by atoms with E-state index in [0.717, 1.165) is 31.6 Å². The van der Waals surface area contributed by atoms with E-state index in [1.807, 2.05) is 6.92 Å². The topological polar surface area (TPSA) is 71.9 Å².